The fourth-order valence-corrected chi connectivity index (χ4v) is 4.19. The molecule has 1 aliphatic heterocycles. The number of nitrogens with zero attached hydrogens (tertiary/aromatic N) is 1. The van der Waals surface area contributed by atoms with Gasteiger partial charge in [-0.2, -0.15) is 4.98 Å². The maximum absolute atomic E-state index is 13.1. The first-order chi connectivity index (χ1) is 13.7. The minimum absolute atomic E-state index is 0.00600. The quantitative estimate of drug-likeness (QED) is 0.667. The SMILES string of the molecule is COC(=O)c1ccc([C@@H]2C3=C(CC(C)(C)CC3=O)Nc3nc(N)[nH]c(=O)c32)cc1. The second-order valence-corrected chi connectivity index (χ2v) is 8.22. The summed E-state index contributed by atoms with van der Waals surface area (Å²) in [6, 6.07) is 6.72. The number of rotatable bonds is 2. The number of nitrogen functional groups attached to an aromatic ring is 1. The number of ether oxygens (including phenoxy) is 1. The van der Waals surface area contributed by atoms with Crippen LogP contribution < -0.4 is 16.6 Å². The number of methoxy groups -OCH3 is 1. The number of benzene rings is 1. The summed E-state index contributed by atoms with van der Waals surface area (Å²) >= 11 is 0. The van der Waals surface area contributed by atoms with Crippen molar-refractivity contribution in [3.63, 3.8) is 0 Å². The van der Waals surface area contributed by atoms with E-state index in [2.05, 4.69) is 15.3 Å². The van der Waals surface area contributed by atoms with Crippen LogP contribution in [0.3, 0.4) is 0 Å². The molecule has 2 aliphatic rings. The minimum atomic E-state index is -0.589. The standard InChI is InChI=1S/C21H22N4O4/c1-21(2)8-12-15(13(26)9-21)14(10-4-6-11(7-5-10)19(28)29-3)16-17(23-12)24-20(22)25-18(16)27/h4-7,14H,8-9H2,1-3H3,(H4,22,23,24,25,27)/t14-/m1/s1. The van der Waals surface area contributed by atoms with Crippen LogP contribution in [0.4, 0.5) is 11.8 Å². The number of nitrogens with two attached hydrogens (primary N) is 1. The van der Waals surface area contributed by atoms with Crippen LogP contribution in [0.5, 0.6) is 0 Å². The Balaban J connectivity index is 1.92. The molecule has 1 aliphatic carbocycles. The number of H-pyrrole nitrogens is 1. The van der Waals surface area contributed by atoms with Gasteiger partial charge in [-0.1, -0.05) is 26.0 Å². The van der Waals surface area contributed by atoms with Gasteiger partial charge < -0.3 is 15.8 Å². The smallest absolute Gasteiger partial charge is 0.337 e. The van der Waals surface area contributed by atoms with Gasteiger partial charge in [0, 0.05) is 23.6 Å². The predicted molar refractivity (Wildman–Crippen MR) is 108 cm³/mol. The molecule has 2 heterocycles. The lowest BCUT2D eigenvalue weighted by Crippen LogP contribution is -2.37. The van der Waals surface area contributed by atoms with E-state index in [9.17, 15) is 14.4 Å². The summed E-state index contributed by atoms with van der Waals surface area (Å²) in [5, 5.41) is 3.18. The number of carbonyl (C=O) groups is 2. The number of nitrogens with one attached hydrogen (secondary N) is 2. The van der Waals surface area contributed by atoms with Crippen molar-refractivity contribution in [2.24, 2.45) is 5.41 Å². The Morgan fingerprint density at radius 2 is 1.90 bits per heavy atom. The van der Waals surface area contributed by atoms with Gasteiger partial charge in [0.1, 0.15) is 5.82 Å². The lowest BCUT2D eigenvalue weighted by Gasteiger charge is -2.38. The highest BCUT2D eigenvalue weighted by Gasteiger charge is 2.42. The zero-order chi connectivity index (χ0) is 20.9. The molecule has 8 nitrogen and oxygen atoms in total. The second kappa shape index (κ2) is 6.58. The molecule has 0 spiro atoms. The molecule has 0 saturated carbocycles. The zero-order valence-electron chi connectivity index (χ0n) is 16.5. The third kappa shape index (κ3) is 3.20. The topological polar surface area (TPSA) is 127 Å². The number of Topliss-reactive ketones (excluding diaryl/α,β-unsaturated/α-hetero) is 1. The summed E-state index contributed by atoms with van der Waals surface area (Å²) in [5.41, 5.74) is 7.93. The normalized spacial score (nSPS) is 19.8. The second-order valence-electron chi connectivity index (χ2n) is 8.22. The van der Waals surface area contributed by atoms with Crippen molar-refractivity contribution in [2.45, 2.75) is 32.6 Å². The van der Waals surface area contributed by atoms with E-state index < -0.39 is 17.4 Å². The minimum Gasteiger partial charge on any atom is -0.465 e. The molecule has 0 radical (unpaired) electrons. The summed E-state index contributed by atoms with van der Waals surface area (Å²) in [5.74, 6) is -0.685. The molecular weight excluding hydrogens is 372 g/mol. The van der Waals surface area contributed by atoms with Crippen molar-refractivity contribution in [1.29, 1.82) is 0 Å². The van der Waals surface area contributed by atoms with Crippen molar-refractivity contribution in [2.75, 3.05) is 18.2 Å². The van der Waals surface area contributed by atoms with Crippen molar-refractivity contribution in [3.8, 4) is 0 Å². The van der Waals surface area contributed by atoms with E-state index in [-0.39, 0.29) is 17.1 Å². The number of fused-ring (bicyclic) bond motifs is 1. The highest BCUT2D eigenvalue weighted by Crippen LogP contribution is 2.47. The maximum atomic E-state index is 13.1. The number of hydrogen-bond acceptors (Lipinski definition) is 7. The van der Waals surface area contributed by atoms with Gasteiger partial charge in [0.25, 0.3) is 5.56 Å². The van der Waals surface area contributed by atoms with E-state index in [1.54, 1.807) is 24.3 Å². The van der Waals surface area contributed by atoms with Crippen LogP contribution in [0.2, 0.25) is 0 Å². The van der Waals surface area contributed by atoms with E-state index in [0.29, 0.717) is 35.4 Å². The van der Waals surface area contributed by atoms with Gasteiger partial charge in [-0.15, -0.1) is 0 Å². The Morgan fingerprint density at radius 3 is 2.55 bits per heavy atom. The van der Waals surface area contributed by atoms with E-state index in [1.165, 1.54) is 7.11 Å². The molecule has 29 heavy (non-hydrogen) atoms. The Kier molecular flexibility index (Phi) is 4.29. The predicted octanol–water partition coefficient (Wildman–Crippen LogP) is 2.34. The first kappa shape index (κ1) is 18.9. The molecule has 0 unspecified atom stereocenters. The van der Waals surface area contributed by atoms with Crippen molar-refractivity contribution < 1.29 is 14.3 Å². The largest absolute Gasteiger partial charge is 0.465 e. The molecule has 1 aromatic carbocycles. The summed E-state index contributed by atoms with van der Waals surface area (Å²) < 4.78 is 4.74. The molecule has 4 N–H and O–H groups in total. The van der Waals surface area contributed by atoms with Crippen LogP contribution in [0.25, 0.3) is 0 Å². The Labute approximate surface area is 167 Å². The lowest BCUT2D eigenvalue weighted by atomic mass is 9.69. The fraction of sp³-hybridized carbons (Fsp3) is 0.333. The van der Waals surface area contributed by atoms with E-state index in [1.807, 2.05) is 13.8 Å². The number of esters is 1. The van der Waals surface area contributed by atoms with Gasteiger partial charge in [-0.25, -0.2) is 4.79 Å². The first-order valence-electron chi connectivity index (χ1n) is 9.31. The molecule has 0 bridgehead atoms. The average molecular weight is 394 g/mol. The van der Waals surface area contributed by atoms with Gasteiger partial charge in [0.2, 0.25) is 5.95 Å². The number of hydrogen-bond donors (Lipinski definition) is 3. The fourth-order valence-electron chi connectivity index (χ4n) is 4.19. The highest BCUT2D eigenvalue weighted by molar-refractivity contribution is 6.01. The van der Waals surface area contributed by atoms with Gasteiger partial charge >= 0.3 is 5.97 Å². The molecular formula is C21H22N4O4. The maximum Gasteiger partial charge on any atom is 0.337 e. The van der Waals surface area contributed by atoms with Crippen LogP contribution in [0, 0.1) is 5.41 Å². The Bertz CT molecular complexity index is 1110. The van der Waals surface area contributed by atoms with Gasteiger partial charge in [-0.3, -0.25) is 14.6 Å². The van der Waals surface area contributed by atoms with Crippen molar-refractivity contribution in [1.82, 2.24) is 9.97 Å². The number of carbonyl (C=O) groups excluding carboxylic acids is 2. The van der Waals surface area contributed by atoms with E-state index >= 15 is 0 Å². The van der Waals surface area contributed by atoms with Crippen LogP contribution in [-0.2, 0) is 9.53 Å². The monoisotopic (exact) mass is 394 g/mol. The van der Waals surface area contributed by atoms with Gasteiger partial charge in [0.05, 0.1) is 18.2 Å². The number of anilines is 2. The number of aromatic amines is 1. The molecule has 150 valence electrons. The van der Waals surface area contributed by atoms with Crippen molar-refractivity contribution in [3.05, 3.63) is 62.6 Å². The number of allylic oxidation sites excluding steroid dienone is 2. The highest BCUT2D eigenvalue weighted by atomic mass is 16.5. The zero-order valence-corrected chi connectivity index (χ0v) is 16.5. The molecule has 8 heteroatoms. The molecule has 2 aromatic rings. The molecule has 0 saturated heterocycles. The molecule has 1 aromatic heterocycles. The number of aromatic nitrogens is 2. The van der Waals surface area contributed by atoms with E-state index in [0.717, 1.165) is 11.3 Å². The third-order valence-corrected chi connectivity index (χ3v) is 5.41. The molecule has 4 rings (SSSR count). The van der Waals surface area contributed by atoms with Crippen LogP contribution in [-0.4, -0.2) is 28.8 Å². The molecule has 0 fully saturated rings. The van der Waals surface area contributed by atoms with Crippen LogP contribution >= 0.6 is 0 Å². The Hall–Kier alpha value is -3.42. The van der Waals surface area contributed by atoms with Gasteiger partial charge in [0.15, 0.2) is 5.78 Å². The van der Waals surface area contributed by atoms with Crippen LogP contribution in [0.15, 0.2) is 40.3 Å². The lowest BCUT2D eigenvalue weighted by molar-refractivity contribution is -0.118. The van der Waals surface area contributed by atoms with Crippen molar-refractivity contribution >= 4 is 23.5 Å². The first-order valence-corrected chi connectivity index (χ1v) is 9.31. The third-order valence-electron chi connectivity index (χ3n) is 5.41. The summed E-state index contributed by atoms with van der Waals surface area (Å²) in [7, 11) is 1.31. The van der Waals surface area contributed by atoms with Crippen LogP contribution in [0.1, 0.15) is 54.1 Å². The van der Waals surface area contributed by atoms with E-state index in [4.69, 9.17) is 10.5 Å². The molecule has 0 amide bonds. The summed E-state index contributed by atoms with van der Waals surface area (Å²) in [6.07, 6.45) is 1.04. The summed E-state index contributed by atoms with van der Waals surface area (Å²) in [4.78, 5) is 44.4. The molecule has 1 atom stereocenters. The Morgan fingerprint density at radius 1 is 1.21 bits per heavy atom. The number of ketones is 1. The summed E-state index contributed by atoms with van der Waals surface area (Å²) in [6.45, 7) is 4.07. The van der Waals surface area contributed by atoms with Gasteiger partial charge in [-0.05, 0) is 29.5 Å². The average Bonchev–Trinajstić information content (AvgIpc) is 2.64.